The molecule has 0 bridgehead atoms. The van der Waals surface area contributed by atoms with Gasteiger partial charge in [0.2, 0.25) is 0 Å². The van der Waals surface area contributed by atoms with E-state index in [0.717, 1.165) is 0 Å². The lowest BCUT2D eigenvalue weighted by atomic mass is 10.2. The fourth-order valence-electron chi connectivity index (χ4n) is 2.33. The van der Waals surface area contributed by atoms with Crippen molar-refractivity contribution in [2.75, 3.05) is 7.11 Å². The van der Waals surface area contributed by atoms with Crippen molar-refractivity contribution in [3.63, 3.8) is 0 Å². The average Bonchev–Trinajstić information content (AvgIpc) is 2.73. The molecular weight excluding hydrogens is 398 g/mol. The zero-order valence-corrected chi connectivity index (χ0v) is 16.5. The first-order chi connectivity index (χ1) is 13.5. The first-order valence-corrected chi connectivity index (χ1v) is 10.2. The van der Waals surface area contributed by atoms with Gasteiger partial charge in [0.05, 0.1) is 17.7 Å². The summed E-state index contributed by atoms with van der Waals surface area (Å²) in [5.74, 6) is 1.02. The normalized spacial score (nSPS) is 11.9. The van der Waals surface area contributed by atoms with E-state index in [1.807, 2.05) is 0 Å². The molecular formula is C20H18ClN3O3S. The quantitative estimate of drug-likeness (QED) is 0.363. The highest BCUT2D eigenvalue weighted by Gasteiger charge is 2.14. The van der Waals surface area contributed by atoms with E-state index in [-0.39, 0.29) is 4.90 Å². The van der Waals surface area contributed by atoms with Gasteiger partial charge < -0.3 is 4.74 Å². The van der Waals surface area contributed by atoms with E-state index < -0.39 is 10.0 Å². The minimum Gasteiger partial charge on any atom is -0.497 e. The fraction of sp³-hybridized carbons (Fsp3) is 0.0500. The summed E-state index contributed by atoms with van der Waals surface area (Å²) in [6.07, 6.45) is 0. The number of hydrazine groups is 1. The van der Waals surface area contributed by atoms with Crippen molar-refractivity contribution in [2.24, 2.45) is 4.99 Å². The summed E-state index contributed by atoms with van der Waals surface area (Å²) in [7, 11) is -2.18. The molecule has 2 N–H and O–H groups in total. The van der Waals surface area contributed by atoms with Crippen molar-refractivity contribution in [1.82, 2.24) is 10.3 Å². The Morgan fingerprint density at radius 1 is 0.929 bits per heavy atom. The maximum Gasteiger partial charge on any atom is 0.257 e. The van der Waals surface area contributed by atoms with Gasteiger partial charge in [0.25, 0.3) is 10.0 Å². The predicted molar refractivity (Wildman–Crippen MR) is 111 cm³/mol. The zero-order valence-electron chi connectivity index (χ0n) is 15.0. The van der Waals surface area contributed by atoms with Crippen LogP contribution in [0.3, 0.4) is 0 Å². The molecule has 0 aromatic heterocycles. The zero-order chi connectivity index (χ0) is 20.0. The van der Waals surface area contributed by atoms with Gasteiger partial charge in [-0.15, -0.1) is 4.83 Å². The van der Waals surface area contributed by atoms with E-state index in [0.29, 0.717) is 27.9 Å². The van der Waals surface area contributed by atoms with Crippen LogP contribution in [0.5, 0.6) is 5.75 Å². The van der Waals surface area contributed by atoms with Crippen LogP contribution in [0.4, 0.5) is 5.69 Å². The third-order valence-corrected chi connectivity index (χ3v) is 5.30. The van der Waals surface area contributed by atoms with Crippen molar-refractivity contribution in [2.45, 2.75) is 4.90 Å². The van der Waals surface area contributed by atoms with Crippen LogP contribution in [0.2, 0.25) is 5.02 Å². The number of amidine groups is 1. The predicted octanol–water partition coefficient (Wildman–Crippen LogP) is 3.91. The summed E-state index contributed by atoms with van der Waals surface area (Å²) in [6, 6.07) is 22.0. The van der Waals surface area contributed by atoms with E-state index in [1.54, 1.807) is 73.8 Å². The molecule has 0 aliphatic heterocycles. The van der Waals surface area contributed by atoms with Crippen LogP contribution in [0.1, 0.15) is 5.56 Å². The number of hydrogen-bond donors (Lipinski definition) is 2. The lowest BCUT2D eigenvalue weighted by Gasteiger charge is -2.12. The van der Waals surface area contributed by atoms with Gasteiger partial charge in [0, 0.05) is 10.6 Å². The van der Waals surface area contributed by atoms with Crippen LogP contribution in [0.15, 0.2) is 88.8 Å². The SMILES string of the molecule is COc1ccc(N=C(NNS(=O)(=O)c2ccccc2)c2ccc(Cl)cc2)cc1. The molecule has 6 nitrogen and oxygen atoms in total. The first-order valence-electron chi connectivity index (χ1n) is 8.29. The van der Waals surface area contributed by atoms with Crippen LogP contribution in [0, 0.1) is 0 Å². The van der Waals surface area contributed by atoms with Crippen molar-refractivity contribution in [3.8, 4) is 5.75 Å². The second kappa shape index (κ2) is 8.88. The van der Waals surface area contributed by atoms with Gasteiger partial charge in [-0.3, -0.25) is 5.43 Å². The van der Waals surface area contributed by atoms with Gasteiger partial charge >= 0.3 is 0 Å². The van der Waals surface area contributed by atoms with E-state index in [9.17, 15) is 8.42 Å². The molecule has 0 aliphatic carbocycles. The lowest BCUT2D eigenvalue weighted by molar-refractivity contribution is 0.415. The third-order valence-electron chi connectivity index (χ3n) is 3.79. The standard InChI is InChI=1S/C20H18ClN3O3S/c1-27-18-13-11-17(12-14-18)22-20(15-7-9-16(21)10-8-15)23-24-28(25,26)19-5-3-2-4-6-19/h2-14,24H,1H3,(H,22,23). The largest absolute Gasteiger partial charge is 0.497 e. The van der Waals surface area contributed by atoms with Gasteiger partial charge in [-0.1, -0.05) is 29.8 Å². The topological polar surface area (TPSA) is 79.8 Å². The lowest BCUT2D eigenvalue weighted by Crippen LogP contribution is -2.41. The first kappa shape index (κ1) is 19.9. The highest BCUT2D eigenvalue weighted by molar-refractivity contribution is 7.89. The summed E-state index contributed by atoms with van der Waals surface area (Å²) >= 11 is 5.95. The van der Waals surface area contributed by atoms with E-state index in [4.69, 9.17) is 16.3 Å². The second-order valence-corrected chi connectivity index (χ2v) is 7.83. The van der Waals surface area contributed by atoms with Crippen molar-refractivity contribution in [3.05, 3.63) is 89.4 Å². The number of methoxy groups -OCH3 is 1. The maximum absolute atomic E-state index is 12.5. The van der Waals surface area contributed by atoms with Crippen LogP contribution in [-0.4, -0.2) is 21.4 Å². The average molecular weight is 416 g/mol. The van der Waals surface area contributed by atoms with Gasteiger partial charge in [-0.25, -0.2) is 13.4 Å². The van der Waals surface area contributed by atoms with Gasteiger partial charge in [-0.05, 0) is 60.7 Å². The Morgan fingerprint density at radius 2 is 1.57 bits per heavy atom. The van der Waals surface area contributed by atoms with Crippen LogP contribution in [-0.2, 0) is 10.0 Å². The van der Waals surface area contributed by atoms with Crippen molar-refractivity contribution < 1.29 is 13.2 Å². The Labute approximate surface area is 168 Å². The molecule has 3 aromatic carbocycles. The molecule has 3 aromatic rings. The minimum absolute atomic E-state index is 0.141. The molecule has 0 saturated carbocycles. The number of nitrogens with one attached hydrogen (secondary N) is 2. The molecule has 0 fully saturated rings. The summed E-state index contributed by atoms with van der Waals surface area (Å²) in [4.78, 5) is 7.02. The number of sulfonamides is 1. The highest BCUT2D eigenvalue weighted by Crippen LogP contribution is 2.19. The molecule has 0 amide bonds. The molecule has 0 unspecified atom stereocenters. The van der Waals surface area contributed by atoms with E-state index in [1.165, 1.54) is 12.1 Å². The minimum atomic E-state index is -3.76. The summed E-state index contributed by atoms with van der Waals surface area (Å²) in [6.45, 7) is 0. The van der Waals surface area contributed by atoms with Gasteiger partial charge in [0.15, 0.2) is 0 Å². The number of halogens is 1. The number of benzene rings is 3. The number of aliphatic imine (C=N–C) groups is 1. The molecule has 0 radical (unpaired) electrons. The smallest absolute Gasteiger partial charge is 0.257 e. The molecule has 0 aliphatic rings. The van der Waals surface area contributed by atoms with E-state index >= 15 is 0 Å². The molecule has 0 heterocycles. The molecule has 144 valence electrons. The van der Waals surface area contributed by atoms with Gasteiger partial charge in [-0.2, -0.15) is 0 Å². The number of rotatable bonds is 6. The Kier molecular flexibility index (Phi) is 6.30. The highest BCUT2D eigenvalue weighted by atomic mass is 35.5. The Morgan fingerprint density at radius 3 is 2.18 bits per heavy atom. The van der Waals surface area contributed by atoms with Crippen molar-refractivity contribution in [1.29, 1.82) is 0 Å². The van der Waals surface area contributed by atoms with E-state index in [2.05, 4.69) is 15.2 Å². The molecule has 28 heavy (non-hydrogen) atoms. The Hall–Kier alpha value is -2.87. The fourth-order valence-corrected chi connectivity index (χ4v) is 3.32. The second-order valence-electron chi connectivity index (χ2n) is 5.71. The van der Waals surface area contributed by atoms with Crippen LogP contribution < -0.4 is 15.0 Å². The van der Waals surface area contributed by atoms with Crippen molar-refractivity contribution >= 4 is 33.1 Å². The summed E-state index contributed by atoms with van der Waals surface area (Å²) in [5.41, 5.74) is 3.99. The maximum atomic E-state index is 12.5. The van der Waals surface area contributed by atoms with Gasteiger partial charge in [0.1, 0.15) is 11.6 Å². The molecule has 3 rings (SSSR count). The third kappa shape index (κ3) is 5.10. The number of hydrogen-bond acceptors (Lipinski definition) is 4. The summed E-state index contributed by atoms with van der Waals surface area (Å²) in [5, 5.41) is 0.567. The number of nitrogens with zero attached hydrogens (tertiary/aromatic N) is 1. The molecule has 0 spiro atoms. The number of ether oxygens (including phenoxy) is 1. The van der Waals surface area contributed by atoms with Crippen LogP contribution in [0.25, 0.3) is 0 Å². The Bertz CT molecular complexity index is 1050. The molecule has 8 heteroatoms. The monoisotopic (exact) mass is 415 g/mol. The molecule has 0 atom stereocenters. The van der Waals surface area contributed by atoms with Crippen LogP contribution >= 0.6 is 11.6 Å². The molecule has 0 saturated heterocycles. The Balaban J connectivity index is 1.90. The summed E-state index contributed by atoms with van der Waals surface area (Å²) < 4.78 is 30.1.